The van der Waals surface area contributed by atoms with E-state index in [4.69, 9.17) is 4.74 Å². The number of esters is 1. The molecular weight excluding hydrogens is 416 g/mol. The van der Waals surface area contributed by atoms with Gasteiger partial charge in [0, 0.05) is 4.92 Å². The molecule has 1 heterocycles. The Morgan fingerprint density at radius 1 is 0.879 bits per heavy atom. The van der Waals surface area contributed by atoms with Crippen LogP contribution in [-0.4, -0.2) is 28.6 Å². The minimum Gasteiger partial charge on any atom is -0.459 e. The van der Waals surface area contributed by atoms with Crippen molar-refractivity contribution in [2.45, 2.75) is 49.9 Å². The van der Waals surface area contributed by atoms with Gasteiger partial charge in [0.05, 0.1) is 5.92 Å². The molecule has 6 heteroatoms. The summed E-state index contributed by atoms with van der Waals surface area (Å²) in [6.45, 7) is 5.39. The third-order valence-electron chi connectivity index (χ3n) is 6.06. The molecule has 0 aliphatic carbocycles. The van der Waals surface area contributed by atoms with Crippen LogP contribution in [0.15, 0.2) is 91.0 Å². The average molecular weight is 445 g/mol. The van der Waals surface area contributed by atoms with Crippen molar-refractivity contribution in [3.63, 3.8) is 0 Å². The number of nitro groups is 1. The Kier molecular flexibility index (Phi) is 6.04. The average Bonchev–Trinajstić information content (AvgIpc) is 3.18. The van der Waals surface area contributed by atoms with Crippen LogP contribution in [0.2, 0.25) is 0 Å². The van der Waals surface area contributed by atoms with Crippen LogP contribution in [0.3, 0.4) is 0 Å². The molecule has 6 nitrogen and oxygen atoms in total. The monoisotopic (exact) mass is 444 g/mol. The SMILES string of the molecule is CC(C)(C)OC(=O)[C@H]1NC(c2ccccc2)(c2ccccc2)[C@@H]([N+](=O)[O-])[C@@H]1c1ccccc1. The first-order valence-electron chi connectivity index (χ1n) is 11.0. The van der Waals surface area contributed by atoms with Gasteiger partial charge in [-0.05, 0) is 37.5 Å². The molecule has 1 N–H and O–H groups in total. The molecule has 0 radical (unpaired) electrons. The molecule has 0 saturated carbocycles. The summed E-state index contributed by atoms with van der Waals surface area (Å²) in [5, 5.41) is 16.2. The number of rotatable bonds is 5. The molecule has 3 aromatic rings. The van der Waals surface area contributed by atoms with E-state index in [-0.39, 0.29) is 4.92 Å². The van der Waals surface area contributed by atoms with Gasteiger partial charge in [-0.15, -0.1) is 0 Å². The summed E-state index contributed by atoms with van der Waals surface area (Å²) in [7, 11) is 0. The van der Waals surface area contributed by atoms with E-state index in [0.29, 0.717) is 0 Å². The van der Waals surface area contributed by atoms with E-state index in [1.54, 1.807) is 20.8 Å². The van der Waals surface area contributed by atoms with E-state index >= 15 is 0 Å². The van der Waals surface area contributed by atoms with Crippen LogP contribution in [0, 0.1) is 10.1 Å². The summed E-state index contributed by atoms with van der Waals surface area (Å²) in [6.07, 6.45) is 0. The minimum absolute atomic E-state index is 0.255. The van der Waals surface area contributed by atoms with Crippen molar-refractivity contribution in [3.8, 4) is 0 Å². The van der Waals surface area contributed by atoms with Gasteiger partial charge in [0.2, 0.25) is 6.04 Å². The summed E-state index contributed by atoms with van der Waals surface area (Å²) in [5.74, 6) is -1.24. The maximum Gasteiger partial charge on any atom is 0.324 e. The molecule has 33 heavy (non-hydrogen) atoms. The number of nitrogens with one attached hydrogen (secondary N) is 1. The Morgan fingerprint density at radius 2 is 1.33 bits per heavy atom. The third-order valence-corrected chi connectivity index (χ3v) is 6.06. The van der Waals surface area contributed by atoms with Gasteiger partial charge in [-0.3, -0.25) is 20.2 Å². The highest BCUT2D eigenvalue weighted by molar-refractivity contribution is 5.79. The van der Waals surface area contributed by atoms with E-state index in [0.717, 1.165) is 16.7 Å². The summed E-state index contributed by atoms with van der Waals surface area (Å²) in [5.41, 5.74) is 0.217. The van der Waals surface area contributed by atoms with E-state index in [9.17, 15) is 14.9 Å². The second-order valence-corrected chi connectivity index (χ2v) is 9.36. The zero-order valence-corrected chi connectivity index (χ0v) is 19.0. The van der Waals surface area contributed by atoms with Crippen molar-refractivity contribution in [2.24, 2.45) is 0 Å². The predicted octanol–water partition coefficient (Wildman–Crippen LogP) is 4.67. The molecule has 0 amide bonds. The number of carbonyl (C=O) groups is 1. The molecule has 4 rings (SSSR count). The Balaban J connectivity index is 1.98. The summed E-state index contributed by atoms with van der Waals surface area (Å²) in [4.78, 5) is 26.0. The normalized spacial score (nSPS) is 22.0. The highest BCUT2D eigenvalue weighted by atomic mass is 16.6. The van der Waals surface area contributed by atoms with E-state index in [2.05, 4.69) is 5.32 Å². The molecule has 0 unspecified atom stereocenters. The lowest BCUT2D eigenvalue weighted by Gasteiger charge is -2.33. The lowest BCUT2D eigenvalue weighted by molar-refractivity contribution is -0.533. The molecule has 1 aliphatic rings. The van der Waals surface area contributed by atoms with Crippen molar-refractivity contribution >= 4 is 5.97 Å². The number of nitrogens with zero attached hydrogens (tertiary/aromatic N) is 1. The molecular formula is C27H28N2O4. The topological polar surface area (TPSA) is 81.5 Å². The fourth-order valence-electron chi connectivity index (χ4n) is 4.86. The van der Waals surface area contributed by atoms with Gasteiger partial charge in [0.1, 0.15) is 17.2 Å². The zero-order chi connectivity index (χ0) is 23.6. The molecule has 170 valence electrons. The van der Waals surface area contributed by atoms with Crippen molar-refractivity contribution < 1.29 is 14.5 Å². The predicted molar refractivity (Wildman–Crippen MR) is 126 cm³/mol. The van der Waals surface area contributed by atoms with Gasteiger partial charge in [-0.2, -0.15) is 0 Å². The summed E-state index contributed by atoms with van der Waals surface area (Å²) in [6, 6.07) is 25.8. The van der Waals surface area contributed by atoms with Crippen LogP contribution in [0.5, 0.6) is 0 Å². The second-order valence-electron chi connectivity index (χ2n) is 9.36. The van der Waals surface area contributed by atoms with E-state index in [1.165, 1.54) is 0 Å². The van der Waals surface area contributed by atoms with E-state index < -0.39 is 35.1 Å². The van der Waals surface area contributed by atoms with Crippen LogP contribution in [0.4, 0.5) is 0 Å². The Hall–Kier alpha value is -3.51. The van der Waals surface area contributed by atoms with Crippen LogP contribution in [-0.2, 0) is 15.1 Å². The lowest BCUT2D eigenvalue weighted by Crippen LogP contribution is -2.51. The van der Waals surface area contributed by atoms with Gasteiger partial charge < -0.3 is 4.74 Å². The number of benzene rings is 3. The molecule has 3 aromatic carbocycles. The smallest absolute Gasteiger partial charge is 0.324 e. The Morgan fingerprint density at radius 3 is 1.76 bits per heavy atom. The standard InChI is InChI=1S/C27H28N2O4/c1-26(2,3)33-25(30)23-22(19-13-7-4-8-14-19)24(29(31)32)27(28-23,20-15-9-5-10-16-20)21-17-11-6-12-18-21/h4-18,22-24,28H,1-3H3/t22-,23+,24+/m1/s1. The van der Waals surface area contributed by atoms with Crippen molar-refractivity contribution in [3.05, 3.63) is 118 Å². The second kappa shape index (κ2) is 8.79. The zero-order valence-electron chi connectivity index (χ0n) is 19.0. The van der Waals surface area contributed by atoms with Crippen molar-refractivity contribution in [2.75, 3.05) is 0 Å². The minimum atomic E-state index is -1.23. The van der Waals surface area contributed by atoms with Crippen molar-refractivity contribution in [1.82, 2.24) is 5.32 Å². The molecule has 3 atom stereocenters. The van der Waals surface area contributed by atoms with Crippen molar-refractivity contribution in [1.29, 1.82) is 0 Å². The quantitative estimate of drug-likeness (QED) is 0.351. The van der Waals surface area contributed by atoms with Gasteiger partial charge in [0.25, 0.3) is 0 Å². The largest absolute Gasteiger partial charge is 0.459 e. The van der Waals surface area contributed by atoms with Gasteiger partial charge in [-0.1, -0.05) is 91.0 Å². The van der Waals surface area contributed by atoms with Gasteiger partial charge in [0.15, 0.2) is 0 Å². The number of hydrogen-bond acceptors (Lipinski definition) is 5. The van der Waals surface area contributed by atoms with Crippen LogP contribution < -0.4 is 5.32 Å². The molecule has 1 fully saturated rings. The van der Waals surface area contributed by atoms with Gasteiger partial charge >= 0.3 is 5.97 Å². The molecule has 0 aromatic heterocycles. The highest BCUT2D eigenvalue weighted by Gasteiger charge is 2.64. The number of ether oxygens (including phenoxy) is 1. The third kappa shape index (κ3) is 4.26. The van der Waals surface area contributed by atoms with Gasteiger partial charge in [-0.25, -0.2) is 0 Å². The Bertz CT molecular complexity index is 1070. The maximum atomic E-state index is 13.5. The fraction of sp³-hybridized carbons (Fsp3) is 0.296. The lowest BCUT2D eigenvalue weighted by atomic mass is 9.74. The summed E-state index contributed by atoms with van der Waals surface area (Å²) < 4.78 is 5.74. The van der Waals surface area contributed by atoms with Crippen LogP contribution >= 0.6 is 0 Å². The first-order chi connectivity index (χ1) is 15.7. The maximum absolute atomic E-state index is 13.5. The van der Waals surface area contributed by atoms with Crippen LogP contribution in [0.25, 0.3) is 0 Å². The molecule has 1 aliphatic heterocycles. The molecule has 1 saturated heterocycles. The summed E-state index contributed by atoms with van der Waals surface area (Å²) >= 11 is 0. The number of carbonyl (C=O) groups excluding carboxylic acids is 1. The molecule has 0 spiro atoms. The van der Waals surface area contributed by atoms with E-state index in [1.807, 2.05) is 91.0 Å². The fourth-order valence-corrected chi connectivity index (χ4v) is 4.86. The first-order valence-corrected chi connectivity index (χ1v) is 11.0. The molecule has 0 bridgehead atoms. The number of hydrogen-bond donors (Lipinski definition) is 1. The first kappa shape index (κ1) is 22.7. The highest BCUT2D eigenvalue weighted by Crippen LogP contribution is 2.48. The van der Waals surface area contributed by atoms with Crippen LogP contribution in [0.1, 0.15) is 43.4 Å². The Labute approximate surface area is 193 Å².